The third-order valence-electron chi connectivity index (χ3n) is 6.78. The van der Waals surface area contributed by atoms with E-state index in [0.29, 0.717) is 36.0 Å². The fourth-order valence-electron chi connectivity index (χ4n) is 5.03. The highest BCUT2D eigenvalue weighted by molar-refractivity contribution is 5.95. The van der Waals surface area contributed by atoms with Crippen LogP contribution in [-0.2, 0) is 7.05 Å². The number of aryl methyl sites for hydroxylation is 1. The summed E-state index contributed by atoms with van der Waals surface area (Å²) in [6.07, 6.45) is 4.33. The second-order valence-electron chi connectivity index (χ2n) is 9.06. The van der Waals surface area contributed by atoms with Crippen LogP contribution in [-0.4, -0.2) is 55.5 Å². The van der Waals surface area contributed by atoms with Crippen LogP contribution >= 0.6 is 0 Å². The first kappa shape index (κ1) is 19.4. The fourth-order valence-corrected chi connectivity index (χ4v) is 5.03. The van der Waals surface area contributed by atoms with Gasteiger partial charge < -0.3 is 9.80 Å². The van der Waals surface area contributed by atoms with Gasteiger partial charge in [0.2, 0.25) is 0 Å². The number of amides is 1. The Bertz CT molecular complexity index is 1320. The number of hydrogen-bond donors (Lipinski definition) is 0. The van der Waals surface area contributed by atoms with Gasteiger partial charge in [-0.05, 0) is 42.4 Å². The first-order valence-corrected chi connectivity index (χ1v) is 10.8. The number of anilines is 2. The topological polar surface area (TPSA) is 75.7 Å². The summed E-state index contributed by atoms with van der Waals surface area (Å²) >= 11 is 0. The second-order valence-corrected chi connectivity index (χ2v) is 9.06. The van der Waals surface area contributed by atoms with E-state index in [1.54, 1.807) is 13.2 Å². The Morgan fingerprint density at radius 3 is 2.94 bits per heavy atom. The van der Waals surface area contributed by atoms with Crippen LogP contribution in [0.1, 0.15) is 41.1 Å². The van der Waals surface area contributed by atoms with Crippen molar-refractivity contribution in [1.29, 1.82) is 0 Å². The van der Waals surface area contributed by atoms with E-state index in [-0.39, 0.29) is 18.0 Å². The molecule has 1 saturated carbocycles. The van der Waals surface area contributed by atoms with Gasteiger partial charge in [0.1, 0.15) is 5.82 Å². The number of carbonyl (C=O) groups excluding carboxylic acids is 1. The summed E-state index contributed by atoms with van der Waals surface area (Å²) < 4.78 is 30.4. The molecule has 1 amide bonds. The lowest BCUT2D eigenvalue weighted by Crippen LogP contribution is -2.45. The number of pyridine rings is 2. The molecule has 1 aliphatic carbocycles. The molecule has 6 rings (SSSR count). The minimum Gasteiger partial charge on any atom is -0.333 e. The Balaban J connectivity index is 1.35. The number of aromatic nitrogens is 4. The lowest BCUT2D eigenvalue weighted by molar-refractivity contribution is -0.0560. The van der Waals surface area contributed by atoms with Gasteiger partial charge in [0.05, 0.1) is 12.1 Å². The zero-order valence-electron chi connectivity index (χ0n) is 17.5. The van der Waals surface area contributed by atoms with Crippen molar-refractivity contribution in [2.45, 2.75) is 31.1 Å². The van der Waals surface area contributed by atoms with E-state index in [1.807, 2.05) is 18.2 Å². The maximum absolute atomic E-state index is 13.8. The van der Waals surface area contributed by atoms with Gasteiger partial charge in [-0.3, -0.25) is 9.20 Å². The summed E-state index contributed by atoms with van der Waals surface area (Å²) in [6, 6.07) is 5.54. The molecule has 2 fully saturated rings. The van der Waals surface area contributed by atoms with Crippen LogP contribution in [0.2, 0.25) is 0 Å². The molecule has 1 saturated heterocycles. The van der Waals surface area contributed by atoms with Crippen molar-refractivity contribution in [3.63, 3.8) is 0 Å². The zero-order chi connectivity index (χ0) is 22.2. The number of alkyl halides is 2. The summed E-state index contributed by atoms with van der Waals surface area (Å²) in [4.78, 5) is 33.0. The summed E-state index contributed by atoms with van der Waals surface area (Å²) in [5, 5.41) is 4.26. The van der Waals surface area contributed by atoms with Gasteiger partial charge in [-0.1, -0.05) is 0 Å². The van der Waals surface area contributed by atoms with Gasteiger partial charge >= 0.3 is 5.69 Å². The van der Waals surface area contributed by atoms with E-state index in [4.69, 9.17) is 0 Å². The van der Waals surface area contributed by atoms with Crippen molar-refractivity contribution in [3.05, 3.63) is 52.2 Å². The van der Waals surface area contributed by atoms with Crippen LogP contribution < -0.4 is 10.6 Å². The van der Waals surface area contributed by atoms with Crippen LogP contribution in [0.15, 0.2) is 35.4 Å². The van der Waals surface area contributed by atoms with E-state index in [2.05, 4.69) is 15.0 Å². The lowest BCUT2D eigenvalue weighted by atomic mass is 10.0. The standard InChI is InChI=1S/C22H22F2N6O2/c1-27-21(32)29-6-3-15(9-18(29)26-27)30-11-14-8-16(14)17-7-13(10-25-19(17)30)20(31)28-5-2-4-22(23,24)12-28/h3,6-7,9-10,14,16H,2,4-5,8,11-12H2,1H3. The van der Waals surface area contributed by atoms with Crippen molar-refractivity contribution in [2.75, 3.05) is 24.5 Å². The SMILES string of the molecule is Cn1nc2cc(N3CC4CC4c4cc(C(=O)N5CCCC(F)(F)C5)cnc43)ccn2c1=O. The maximum Gasteiger partial charge on any atom is 0.350 e. The number of likely N-dealkylation sites (tertiary alicyclic amines) is 1. The monoisotopic (exact) mass is 440 g/mol. The normalized spacial score (nSPS) is 23.7. The van der Waals surface area contributed by atoms with Crippen LogP contribution in [0.3, 0.4) is 0 Å². The minimum absolute atomic E-state index is 0.176. The number of hydrogen-bond acceptors (Lipinski definition) is 5. The van der Waals surface area contributed by atoms with Gasteiger partial charge in [0.25, 0.3) is 11.8 Å². The highest BCUT2D eigenvalue weighted by atomic mass is 19.3. The molecule has 0 radical (unpaired) electrons. The smallest absolute Gasteiger partial charge is 0.333 e. The molecule has 3 aliphatic rings. The van der Waals surface area contributed by atoms with Crippen LogP contribution in [0.5, 0.6) is 0 Å². The molecule has 3 aromatic rings. The first-order chi connectivity index (χ1) is 15.3. The highest BCUT2D eigenvalue weighted by Gasteiger charge is 2.46. The van der Waals surface area contributed by atoms with Crippen LogP contribution in [0.4, 0.5) is 20.3 Å². The zero-order valence-corrected chi connectivity index (χ0v) is 17.5. The Kier molecular flexibility index (Phi) is 4.00. The second kappa shape index (κ2) is 6.60. The highest BCUT2D eigenvalue weighted by Crippen LogP contribution is 2.55. The number of piperidine rings is 1. The average molecular weight is 440 g/mol. The summed E-state index contributed by atoms with van der Waals surface area (Å²) in [6.45, 7) is 0.598. The summed E-state index contributed by atoms with van der Waals surface area (Å²) in [5.74, 6) is -1.66. The Morgan fingerprint density at radius 2 is 2.12 bits per heavy atom. The van der Waals surface area contributed by atoms with E-state index >= 15 is 0 Å². The van der Waals surface area contributed by atoms with Gasteiger partial charge in [-0.25, -0.2) is 23.2 Å². The van der Waals surface area contributed by atoms with E-state index in [1.165, 1.54) is 20.2 Å². The molecular weight excluding hydrogens is 418 g/mol. The third kappa shape index (κ3) is 3.00. The Labute approximate surface area is 182 Å². The average Bonchev–Trinajstić information content (AvgIpc) is 3.51. The van der Waals surface area contributed by atoms with E-state index in [9.17, 15) is 18.4 Å². The van der Waals surface area contributed by atoms with Crippen molar-refractivity contribution in [2.24, 2.45) is 13.0 Å². The molecule has 0 bridgehead atoms. The summed E-state index contributed by atoms with van der Waals surface area (Å²) in [5.41, 5.74) is 2.55. The molecule has 5 heterocycles. The van der Waals surface area contributed by atoms with Crippen molar-refractivity contribution in [3.8, 4) is 0 Å². The van der Waals surface area contributed by atoms with Gasteiger partial charge in [-0.15, -0.1) is 0 Å². The van der Waals surface area contributed by atoms with E-state index in [0.717, 1.165) is 30.0 Å². The lowest BCUT2D eigenvalue weighted by Gasteiger charge is -2.33. The number of carbonyl (C=O) groups is 1. The quantitative estimate of drug-likeness (QED) is 0.612. The van der Waals surface area contributed by atoms with Gasteiger partial charge in [0, 0.05) is 50.7 Å². The molecule has 166 valence electrons. The van der Waals surface area contributed by atoms with Gasteiger partial charge in [-0.2, -0.15) is 5.10 Å². The number of rotatable bonds is 2. The molecule has 0 N–H and O–H groups in total. The van der Waals surface area contributed by atoms with Crippen molar-refractivity contribution in [1.82, 2.24) is 24.1 Å². The molecule has 2 unspecified atom stereocenters. The predicted molar refractivity (Wildman–Crippen MR) is 113 cm³/mol. The van der Waals surface area contributed by atoms with Crippen LogP contribution in [0, 0.1) is 5.92 Å². The molecule has 2 aliphatic heterocycles. The van der Waals surface area contributed by atoms with Crippen molar-refractivity contribution >= 4 is 23.1 Å². The minimum atomic E-state index is -2.83. The van der Waals surface area contributed by atoms with Gasteiger partial charge in [0.15, 0.2) is 5.65 Å². The molecule has 8 nitrogen and oxygen atoms in total. The number of nitrogens with zero attached hydrogens (tertiary/aromatic N) is 6. The first-order valence-electron chi connectivity index (χ1n) is 10.8. The van der Waals surface area contributed by atoms with Crippen molar-refractivity contribution < 1.29 is 13.6 Å². The molecule has 10 heteroatoms. The summed E-state index contributed by atoms with van der Waals surface area (Å²) in [7, 11) is 1.61. The Morgan fingerprint density at radius 1 is 1.28 bits per heavy atom. The molecular formula is C22H22F2N6O2. The molecule has 0 aromatic carbocycles. The number of fused-ring (bicyclic) bond motifs is 4. The fraction of sp³-hybridized carbons (Fsp3) is 0.455. The van der Waals surface area contributed by atoms with E-state index < -0.39 is 12.5 Å². The maximum atomic E-state index is 13.8. The predicted octanol–water partition coefficient (Wildman–Crippen LogP) is 2.55. The third-order valence-corrected chi connectivity index (χ3v) is 6.78. The Hall–Kier alpha value is -3.30. The molecule has 2 atom stereocenters. The largest absolute Gasteiger partial charge is 0.350 e. The van der Waals surface area contributed by atoms with Crippen LogP contribution in [0.25, 0.3) is 5.65 Å². The molecule has 32 heavy (non-hydrogen) atoms. The number of halogens is 2. The molecule has 0 spiro atoms. The molecule has 3 aromatic heterocycles.